The van der Waals surface area contributed by atoms with E-state index in [1.165, 1.54) is 0 Å². The van der Waals surface area contributed by atoms with Gasteiger partial charge in [0.25, 0.3) is 0 Å². The Labute approximate surface area is 140 Å². The predicted molar refractivity (Wildman–Crippen MR) is 86.9 cm³/mol. The molecule has 1 saturated heterocycles. The van der Waals surface area contributed by atoms with Crippen molar-refractivity contribution in [2.75, 3.05) is 26.2 Å². The molecule has 1 fully saturated rings. The molecule has 2 aromatic rings. The molecule has 3 rings (SSSR count). The summed E-state index contributed by atoms with van der Waals surface area (Å²) in [6.07, 6.45) is 0.752. The molecule has 1 aliphatic rings. The Balaban J connectivity index is 1.50. The summed E-state index contributed by atoms with van der Waals surface area (Å²) in [7, 11) is 0. The van der Waals surface area contributed by atoms with Crippen LogP contribution < -0.4 is 0 Å². The Kier molecular flexibility index (Phi) is 4.88. The SMILES string of the molecule is CC(=O)N1CCN(C(=O)CCc2nc(-c3ccccc3)no2)CC1. The summed E-state index contributed by atoms with van der Waals surface area (Å²) in [5, 5.41) is 3.95. The van der Waals surface area contributed by atoms with Crippen molar-refractivity contribution in [3.05, 3.63) is 36.2 Å². The highest BCUT2D eigenvalue weighted by Gasteiger charge is 2.22. The van der Waals surface area contributed by atoms with Gasteiger partial charge in [0.05, 0.1) is 0 Å². The fraction of sp³-hybridized carbons (Fsp3) is 0.412. The van der Waals surface area contributed by atoms with Gasteiger partial charge in [0.15, 0.2) is 0 Å². The van der Waals surface area contributed by atoms with Crippen LogP contribution in [-0.2, 0) is 16.0 Å². The van der Waals surface area contributed by atoms with Gasteiger partial charge in [-0.2, -0.15) is 4.98 Å². The molecule has 0 atom stereocenters. The number of rotatable bonds is 4. The molecular weight excluding hydrogens is 308 g/mol. The van der Waals surface area contributed by atoms with Crippen LogP contribution >= 0.6 is 0 Å². The predicted octanol–water partition coefficient (Wildman–Crippen LogP) is 1.36. The van der Waals surface area contributed by atoms with Crippen LogP contribution in [0.4, 0.5) is 0 Å². The smallest absolute Gasteiger partial charge is 0.227 e. The van der Waals surface area contributed by atoms with E-state index in [1.54, 1.807) is 16.7 Å². The third-order valence-corrected chi connectivity index (χ3v) is 4.13. The standard InChI is InChI=1S/C17H20N4O3/c1-13(22)20-9-11-21(12-10-20)16(23)8-7-15-18-17(19-24-15)14-5-3-2-4-6-14/h2-6H,7-12H2,1H3. The van der Waals surface area contributed by atoms with Crippen LogP contribution in [0.15, 0.2) is 34.9 Å². The van der Waals surface area contributed by atoms with Gasteiger partial charge in [0, 0.05) is 51.5 Å². The van der Waals surface area contributed by atoms with Crippen LogP contribution in [-0.4, -0.2) is 57.9 Å². The maximum atomic E-state index is 12.3. The van der Waals surface area contributed by atoms with Crippen molar-refractivity contribution in [2.45, 2.75) is 19.8 Å². The third-order valence-electron chi connectivity index (χ3n) is 4.13. The maximum Gasteiger partial charge on any atom is 0.227 e. The highest BCUT2D eigenvalue weighted by molar-refractivity contribution is 5.77. The number of amides is 2. The summed E-state index contributed by atoms with van der Waals surface area (Å²) >= 11 is 0. The average Bonchev–Trinajstić information content (AvgIpc) is 3.09. The molecule has 0 saturated carbocycles. The van der Waals surface area contributed by atoms with Gasteiger partial charge in [0.1, 0.15) is 0 Å². The Morgan fingerprint density at radius 3 is 2.42 bits per heavy atom. The van der Waals surface area contributed by atoms with E-state index < -0.39 is 0 Å². The van der Waals surface area contributed by atoms with Gasteiger partial charge in [-0.25, -0.2) is 0 Å². The zero-order chi connectivity index (χ0) is 16.9. The number of benzene rings is 1. The van der Waals surface area contributed by atoms with Crippen molar-refractivity contribution in [1.29, 1.82) is 0 Å². The molecular formula is C17H20N4O3. The zero-order valence-electron chi connectivity index (χ0n) is 13.6. The molecule has 24 heavy (non-hydrogen) atoms. The summed E-state index contributed by atoms with van der Waals surface area (Å²) in [5.74, 6) is 1.11. The Hall–Kier alpha value is -2.70. The molecule has 126 valence electrons. The number of carbonyl (C=O) groups is 2. The third kappa shape index (κ3) is 3.79. The summed E-state index contributed by atoms with van der Waals surface area (Å²) in [6, 6.07) is 9.57. The number of nitrogens with zero attached hydrogens (tertiary/aromatic N) is 4. The van der Waals surface area contributed by atoms with Crippen molar-refractivity contribution >= 4 is 11.8 Å². The fourth-order valence-corrected chi connectivity index (χ4v) is 2.70. The Bertz CT molecular complexity index is 706. The van der Waals surface area contributed by atoms with E-state index in [2.05, 4.69) is 10.1 Å². The second kappa shape index (κ2) is 7.25. The highest BCUT2D eigenvalue weighted by atomic mass is 16.5. The average molecular weight is 328 g/mol. The van der Waals surface area contributed by atoms with Crippen molar-refractivity contribution in [3.63, 3.8) is 0 Å². The summed E-state index contributed by atoms with van der Waals surface area (Å²) in [5.41, 5.74) is 0.888. The van der Waals surface area contributed by atoms with Crippen LogP contribution in [0.25, 0.3) is 11.4 Å². The van der Waals surface area contributed by atoms with Gasteiger partial charge >= 0.3 is 0 Å². The zero-order valence-corrected chi connectivity index (χ0v) is 13.6. The normalized spacial score (nSPS) is 14.7. The van der Waals surface area contributed by atoms with E-state index in [1.807, 2.05) is 30.3 Å². The van der Waals surface area contributed by atoms with Crippen LogP contribution in [0, 0.1) is 0 Å². The molecule has 0 radical (unpaired) electrons. The quantitative estimate of drug-likeness (QED) is 0.847. The van der Waals surface area contributed by atoms with Crippen molar-refractivity contribution < 1.29 is 14.1 Å². The largest absolute Gasteiger partial charge is 0.339 e. The molecule has 1 aromatic carbocycles. The van der Waals surface area contributed by atoms with Gasteiger partial charge < -0.3 is 14.3 Å². The second-order valence-electron chi connectivity index (χ2n) is 5.76. The molecule has 7 nitrogen and oxygen atoms in total. The minimum atomic E-state index is 0.0534. The Morgan fingerprint density at radius 1 is 1.08 bits per heavy atom. The lowest BCUT2D eigenvalue weighted by Crippen LogP contribution is -2.50. The molecule has 1 aliphatic heterocycles. The maximum absolute atomic E-state index is 12.3. The first-order valence-corrected chi connectivity index (χ1v) is 8.05. The summed E-state index contributed by atoms with van der Waals surface area (Å²) < 4.78 is 5.22. The van der Waals surface area contributed by atoms with Crippen LogP contribution in [0.5, 0.6) is 0 Å². The first kappa shape index (κ1) is 16.2. The van der Waals surface area contributed by atoms with Gasteiger partial charge in [-0.15, -0.1) is 0 Å². The first-order valence-electron chi connectivity index (χ1n) is 8.05. The second-order valence-corrected chi connectivity index (χ2v) is 5.76. The van der Waals surface area contributed by atoms with Crippen molar-refractivity contribution in [1.82, 2.24) is 19.9 Å². The van der Waals surface area contributed by atoms with Gasteiger partial charge in [-0.05, 0) is 0 Å². The lowest BCUT2D eigenvalue weighted by Gasteiger charge is -2.34. The van der Waals surface area contributed by atoms with Gasteiger partial charge in [-0.3, -0.25) is 9.59 Å². The Morgan fingerprint density at radius 2 is 1.75 bits per heavy atom. The van der Waals surface area contributed by atoms with Gasteiger partial charge in [-0.1, -0.05) is 35.5 Å². The number of aryl methyl sites for hydroxylation is 1. The monoisotopic (exact) mass is 328 g/mol. The summed E-state index contributed by atoms with van der Waals surface area (Å²) in [6.45, 7) is 3.91. The molecule has 0 unspecified atom stereocenters. The number of hydrogen-bond donors (Lipinski definition) is 0. The van der Waals surface area contributed by atoms with E-state index in [4.69, 9.17) is 4.52 Å². The lowest BCUT2D eigenvalue weighted by atomic mass is 10.2. The van der Waals surface area contributed by atoms with Crippen molar-refractivity contribution in [2.24, 2.45) is 0 Å². The molecule has 0 N–H and O–H groups in total. The van der Waals surface area contributed by atoms with E-state index >= 15 is 0 Å². The van der Waals surface area contributed by atoms with E-state index in [9.17, 15) is 9.59 Å². The fourth-order valence-electron chi connectivity index (χ4n) is 2.70. The number of carbonyl (C=O) groups excluding carboxylic acids is 2. The molecule has 2 amide bonds. The van der Waals surface area contributed by atoms with Gasteiger partial charge in [0.2, 0.25) is 23.5 Å². The summed E-state index contributed by atoms with van der Waals surface area (Å²) in [4.78, 5) is 31.4. The molecule has 1 aromatic heterocycles. The molecule has 0 spiro atoms. The van der Waals surface area contributed by atoms with E-state index in [0.717, 1.165) is 5.56 Å². The molecule has 0 aliphatic carbocycles. The molecule has 7 heteroatoms. The molecule has 0 bridgehead atoms. The minimum absolute atomic E-state index is 0.0534. The van der Waals surface area contributed by atoms with Crippen LogP contribution in [0.1, 0.15) is 19.2 Å². The van der Waals surface area contributed by atoms with Crippen LogP contribution in [0.3, 0.4) is 0 Å². The number of aromatic nitrogens is 2. The first-order chi connectivity index (χ1) is 11.6. The van der Waals surface area contributed by atoms with Crippen LogP contribution in [0.2, 0.25) is 0 Å². The highest BCUT2D eigenvalue weighted by Crippen LogP contribution is 2.15. The van der Waals surface area contributed by atoms with Crippen molar-refractivity contribution in [3.8, 4) is 11.4 Å². The molecule has 2 heterocycles. The van der Waals surface area contributed by atoms with E-state index in [-0.39, 0.29) is 11.8 Å². The number of hydrogen-bond acceptors (Lipinski definition) is 5. The van der Waals surface area contributed by atoms with E-state index in [0.29, 0.717) is 50.7 Å². The number of piperazine rings is 1. The minimum Gasteiger partial charge on any atom is -0.339 e. The lowest BCUT2D eigenvalue weighted by molar-refractivity contribution is -0.138. The topological polar surface area (TPSA) is 79.5 Å².